The molecule has 0 aromatic heterocycles. The van der Waals surface area contributed by atoms with E-state index in [1.165, 1.54) is 58.2 Å². The molecule has 1 aliphatic heterocycles. The van der Waals surface area contributed by atoms with Crippen LogP contribution in [0.5, 0.6) is 0 Å². The highest BCUT2D eigenvalue weighted by atomic mass is 15.2. The van der Waals surface area contributed by atoms with Crippen molar-refractivity contribution in [2.45, 2.75) is 51.0 Å². The van der Waals surface area contributed by atoms with E-state index in [-0.39, 0.29) is 0 Å². The molecule has 1 aliphatic carbocycles. The standard InChI is InChI=1S/C13H26N2/c1-3-4-11-15(2)13(12-5-6-12)7-9-14-10-8-13/h12,14H,3-11H2,1-2H3. The van der Waals surface area contributed by atoms with Crippen LogP contribution in [0, 0.1) is 5.92 Å². The largest absolute Gasteiger partial charge is 0.317 e. The lowest BCUT2D eigenvalue weighted by molar-refractivity contribution is 0.0587. The van der Waals surface area contributed by atoms with Crippen molar-refractivity contribution in [3.05, 3.63) is 0 Å². The first kappa shape index (κ1) is 11.4. The minimum Gasteiger partial charge on any atom is -0.317 e. The Morgan fingerprint density at radius 3 is 2.47 bits per heavy atom. The first-order valence-corrected chi connectivity index (χ1v) is 6.71. The van der Waals surface area contributed by atoms with Crippen LogP contribution in [0.4, 0.5) is 0 Å². The minimum absolute atomic E-state index is 0.570. The number of unbranched alkanes of at least 4 members (excludes halogenated alkanes) is 1. The molecule has 1 saturated carbocycles. The fourth-order valence-corrected chi connectivity index (χ4v) is 3.20. The van der Waals surface area contributed by atoms with Gasteiger partial charge in [0.15, 0.2) is 0 Å². The van der Waals surface area contributed by atoms with Crippen molar-refractivity contribution in [3.8, 4) is 0 Å². The highest BCUT2D eigenvalue weighted by Crippen LogP contribution is 2.47. The van der Waals surface area contributed by atoms with Crippen molar-refractivity contribution < 1.29 is 0 Å². The van der Waals surface area contributed by atoms with Gasteiger partial charge >= 0.3 is 0 Å². The molecular formula is C13H26N2. The van der Waals surface area contributed by atoms with E-state index in [4.69, 9.17) is 0 Å². The smallest absolute Gasteiger partial charge is 0.0258 e. The summed E-state index contributed by atoms with van der Waals surface area (Å²) in [5.74, 6) is 1.02. The molecule has 0 aromatic carbocycles. The Labute approximate surface area is 94.4 Å². The normalized spacial score (nSPS) is 25.8. The van der Waals surface area contributed by atoms with Gasteiger partial charge in [0.25, 0.3) is 0 Å². The number of rotatable bonds is 5. The van der Waals surface area contributed by atoms with Crippen LogP contribution in [-0.2, 0) is 0 Å². The maximum atomic E-state index is 3.51. The van der Waals surface area contributed by atoms with Crippen LogP contribution in [0.15, 0.2) is 0 Å². The van der Waals surface area contributed by atoms with E-state index < -0.39 is 0 Å². The van der Waals surface area contributed by atoms with Crippen LogP contribution in [0.1, 0.15) is 45.4 Å². The third kappa shape index (κ3) is 2.36. The van der Waals surface area contributed by atoms with E-state index in [0.717, 1.165) is 5.92 Å². The average molecular weight is 210 g/mol. The van der Waals surface area contributed by atoms with Crippen molar-refractivity contribution in [2.75, 3.05) is 26.7 Å². The molecule has 0 atom stereocenters. The van der Waals surface area contributed by atoms with Crippen LogP contribution in [0.3, 0.4) is 0 Å². The van der Waals surface area contributed by atoms with Crippen molar-refractivity contribution in [3.63, 3.8) is 0 Å². The van der Waals surface area contributed by atoms with Crippen LogP contribution in [0.25, 0.3) is 0 Å². The number of hydrogen-bond acceptors (Lipinski definition) is 2. The summed E-state index contributed by atoms with van der Waals surface area (Å²) in [4.78, 5) is 2.69. The Kier molecular flexibility index (Phi) is 3.68. The Morgan fingerprint density at radius 1 is 1.27 bits per heavy atom. The molecule has 0 aromatic rings. The molecule has 0 radical (unpaired) electrons. The van der Waals surface area contributed by atoms with Gasteiger partial charge in [-0.15, -0.1) is 0 Å². The lowest BCUT2D eigenvalue weighted by Gasteiger charge is -2.45. The molecule has 0 spiro atoms. The molecule has 0 unspecified atom stereocenters. The van der Waals surface area contributed by atoms with E-state index in [1.807, 2.05) is 0 Å². The summed E-state index contributed by atoms with van der Waals surface area (Å²) >= 11 is 0. The van der Waals surface area contributed by atoms with E-state index in [0.29, 0.717) is 5.54 Å². The van der Waals surface area contributed by atoms with Crippen LogP contribution < -0.4 is 5.32 Å². The van der Waals surface area contributed by atoms with Gasteiger partial charge in [-0.05, 0) is 64.7 Å². The van der Waals surface area contributed by atoms with Gasteiger partial charge in [0.2, 0.25) is 0 Å². The minimum atomic E-state index is 0.570. The summed E-state index contributed by atoms with van der Waals surface area (Å²) in [6, 6.07) is 0. The molecule has 1 heterocycles. The fraction of sp³-hybridized carbons (Fsp3) is 1.00. The summed E-state index contributed by atoms with van der Waals surface area (Å²) in [5, 5.41) is 3.51. The van der Waals surface area contributed by atoms with Gasteiger partial charge in [0.05, 0.1) is 0 Å². The monoisotopic (exact) mass is 210 g/mol. The summed E-state index contributed by atoms with van der Waals surface area (Å²) < 4.78 is 0. The van der Waals surface area contributed by atoms with E-state index in [1.54, 1.807) is 0 Å². The molecule has 1 N–H and O–H groups in total. The van der Waals surface area contributed by atoms with Crippen molar-refractivity contribution in [1.82, 2.24) is 10.2 Å². The maximum absolute atomic E-state index is 3.51. The van der Waals surface area contributed by atoms with E-state index in [2.05, 4.69) is 24.2 Å². The summed E-state index contributed by atoms with van der Waals surface area (Å²) in [7, 11) is 2.36. The third-order valence-electron chi connectivity index (χ3n) is 4.41. The topological polar surface area (TPSA) is 15.3 Å². The molecule has 0 amide bonds. The van der Waals surface area contributed by atoms with Crippen molar-refractivity contribution in [1.29, 1.82) is 0 Å². The van der Waals surface area contributed by atoms with Gasteiger partial charge in [0.1, 0.15) is 0 Å². The Morgan fingerprint density at radius 2 is 1.93 bits per heavy atom. The number of nitrogens with zero attached hydrogens (tertiary/aromatic N) is 1. The zero-order chi connectivity index (χ0) is 10.7. The molecular weight excluding hydrogens is 184 g/mol. The van der Waals surface area contributed by atoms with Crippen LogP contribution >= 0.6 is 0 Å². The maximum Gasteiger partial charge on any atom is 0.0258 e. The highest BCUT2D eigenvalue weighted by Gasteiger charge is 2.47. The van der Waals surface area contributed by atoms with Gasteiger partial charge in [-0.25, -0.2) is 0 Å². The first-order valence-electron chi connectivity index (χ1n) is 6.71. The van der Waals surface area contributed by atoms with Crippen LogP contribution in [0.2, 0.25) is 0 Å². The van der Waals surface area contributed by atoms with Gasteiger partial charge in [-0.2, -0.15) is 0 Å². The predicted molar refractivity (Wildman–Crippen MR) is 65.1 cm³/mol. The average Bonchev–Trinajstić information content (AvgIpc) is 3.11. The molecule has 88 valence electrons. The van der Waals surface area contributed by atoms with Gasteiger partial charge in [-0.3, -0.25) is 0 Å². The first-order chi connectivity index (χ1) is 7.29. The number of hydrogen-bond donors (Lipinski definition) is 1. The Hall–Kier alpha value is -0.0800. The van der Waals surface area contributed by atoms with Crippen molar-refractivity contribution in [2.24, 2.45) is 5.92 Å². The molecule has 2 aliphatic rings. The zero-order valence-electron chi connectivity index (χ0n) is 10.4. The second-order valence-electron chi connectivity index (χ2n) is 5.40. The highest BCUT2D eigenvalue weighted by molar-refractivity contribution is 5.03. The third-order valence-corrected chi connectivity index (χ3v) is 4.41. The molecule has 2 heteroatoms. The molecule has 0 bridgehead atoms. The van der Waals surface area contributed by atoms with Gasteiger partial charge in [-0.1, -0.05) is 13.3 Å². The number of nitrogens with one attached hydrogen (secondary N) is 1. The van der Waals surface area contributed by atoms with E-state index in [9.17, 15) is 0 Å². The molecule has 15 heavy (non-hydrogen) atoms. The second kappa shape index (κ2) is 4.84. The SMILES string of the molecule is CCCCN(C)C1(C2CC2)CCNCC1. The lowest BCUT2D eigenvalue weighted by Crippen LogP contribution is -2.54. The molecule has 1 saturated heterocycles. The lowest BCUT2D eigenvalue weighted by atomic mass is 9.82. The molecule has 2 rings (SSSR count). The molecule has 2 fully saturated rings. The molecule has 2 nitrogen and oxygen atoms in total. The zero-order valence-corrected chi connectivity index (χ0v) is 10.4. The summed E-state index contributed by atoms with van der Waals surface area (Å²) in [5.41, 5.74) is 0.570. The van der Waals surface area contributed by atoms with Gasteiger partial charge in [0, 0.05) is 5.54 Å². The number of piperidine rings is 1. The summed E-state index contributed by atoms with van der Waals surface area (Å²) in [6.45, 7) is 6.05. The Balaban J connectivity index is 1.97. The second-order valence-corrected chi connectivity index (χ2v) is 5.40. The predicted octanol–water partition coefficient (Wildman–Crippen LogP) is 2.25. The van der Waals surface area contributed by atoms with Crippen LogP contribution in [-0.4, -0.2) is 37.1 Å². The summed E-state index contributed by atoms with van der Waals surface area (Å²) in [6.07, 6.45) is 8.39. The van der Waals surface area contributed by atoms with Gasteiger partial charge < -0.3 is 10.2 Å². The van der Waals surface area contributed by atoms with Crippen molar-refractivity contribution >= 4 is 0 Å². The quantitative estimate of drug-likeness (QED) is 0.749. The Bertz CT molecular complexity index is 193. The van der Waals surface area contributed by atoms with E-state index >= 15 is 0 Å². The fourth-order valence-electron chi connectivity index (χ4n) is 3.20.